The maximum absolute atomic E-state index is 4.61. The zero-order valence-corrected chi connectivity index (χ0v) is 15.5. The van der Waals surface area contributed by atoms with E-state index >= 15 is 0 Å². The standard InChI is InChI=1S/C22H30N4/c1-2-10-19-18(7-1)15-26-21(19)16-23-12-3-4-13-24-20-11-5-8-17-9-6-14-25-22(17)20/h1-2,6-7,9-10,14,20-21,23-24,26H,3-5,8,11-13,15-16H2/t20-,21-/m0/s1. The van der Waals surface area contributed by atoms with Crippen LogP contribution < -0.4 is 16.0 Å². The molecule has 0 spiro atoms. The number of nitrogens with one attached hydrogen (secondary N) is 3. The van der Waals surface area contributed by atoms with E-state index in [2.05, 4.69) is 57.3 Å². The van der Waals surface area contributed by atoms with Crippen molar-refractivity contribution >= 4 is 0 Å². The fraction of sp³-hybridized carbons (Fsp3) is 0.500. The van der Waals surface area contributed by atoms with E-state index in [1.807, 2.05) is 6.20 Å². The Hall–Kier alpha value is -1.75. The van der Waals surface area contributed by atoms with Crippen molar-refractivity contribution in [3.63, 3.8) is 0 Å². The monoisotopic (exact) mass is 350 g/mol. The number of unbranched alkanes of at least 4 members (excludes halogenated alkanes) is 1. The summed E-state index contributed by atoms with van der Waals surface area (Å²) >= 11 is 0. The van der Waals surface area contributed by atoms with Gasteiger partial charge < -0.3 is 16.0 Å². The van der Waals surface area contributed by atoms with E-state index in [0.29, 0.717) is 12.1 Å². The molecule has 2 aromatic rings. The molecule has 1 aliphatic heterocycles. The topological polar surface area (TPSA) is 49.0 Å². The Morgan fingerprint density at radius 1 is 1.04 bits per heavy atom. The van der Waals surface area contributed by atoms with E-state index in [0.717, 1.165) is 26.2 Å². The number of aryl methyl sites for hydroxylation is 1. The molecule has 1 aromatic heterocycles. The third-order valence-corrected chi connectivity index (χ3v) is 5.68. The minimum absolute atomic E-state index is 0.451. The SMILES string of the molecule is c1ccc2c(c1)CN[C@H]2CNCCCCN[C@H]1CCCc2cccnc21. The first-order valence-electron chi connectivity index (χ1n) is 10.1. The van der Waals surface area contributed by atoms with E-state index in [4.69, 9.17) is 0 Å². The highest BCUT2D eigenvalue weighted by molar-refractivity contribution is 5.33. The van der Waals surface area contributed by atoms with Crippen LogP contribution in [0, 0.1) is 0 Å². The van der Waals surface area contributed by atoms with Crippen LogP contribution in [0.3, 0.4) is 0 Å². The predicted octanol–water partition coefficient (Wildman–Crippen LogP) is 3.26. The van der Waals surface area contributed by atoms with Crippen LogP contribution in [-0.4, -0.2) is 24.6 Å². The molecular formula is C22H30N4. The molecule has 0 amide bonds. The molecule has 0 saturated carbocycles. The molecule has 0 radical (unpaired) electrons. The van der Waals surface area contributed by atoms with E-state index in [9.17, 15) is 0 Å². The number of fused-ring (bicyclic) bond motifs is 2. The third-order valence-electron chi connectivity index (χ3n) is 5.68. The number of nitrogens with zero attached hydrogens (tertiary/aromatic N) is 1. The van der Waals surface area contributed by atoms with Gasteiger partial charge in [-0.05, 0) is 68.0 Å². The largest absolute Gasteiger partial charge is 0.315 e. The Balaban J connectivity index is 1.12. The van der Waals surface area contributed by atoms with Crippen molar-refractivity contribution < 1.29 is 0 Å². The molecular weight excluding hydrogens is 320 g/mol. The fourth-order valence-electron chi connectivity index (χ4n) is 4.27. The molecule has 2 aliphatic rings. The Morgan fingerprint density at radius 3 is 2.92 bits per heavy atom. The van der Waals surface area contributed by atoms with Crippen LogP contribution >= 0.6 is 0 Å². The molecule has 0 fully saturated rings. The molecule has 4 rings (SSSR count). The van der Waals surface area contributed by atoms with Gasteiger partial charge in [-0.2, -0.15) is 0 Å². The first kappa shape index (κ1) is 17.7. The Bertz CT molecular complexity index is 715. The molecule has 0 saturated heterocycles. The van der Waals surface area contributed by atoms with Gasteiger partial charge in [-0.1, -0.05) is 30.3 Å². The van der Waals surface area contributed by atoms with Gasteiger partial charge in [-0.25, -0.2) is 0 Å². The first-order valence-corrected chi connectivity index (χ1v) is 10.1. The quantitative estimate of drug-likeness (QED) is 0.640. The van der Waals surface area contributed by atoms with Crippen LogP contribution in [-0.2, 0) is 13.0 Å². The van der Waals surface area contributed by atoms with Crippen LogP contribution in [0.4, 0.5) is 0 Å². The van der Waals surface area contributed by atoms with Gasteiger partial charge >= 0.3 is 0 Å². The van der Waals surface area contributed by atoms with E-state index in [-0.39, 0.29) is 0 Å². The molecule has 138 valence electrons. The summed E-state index contributed by atoms with van der Waals surface area (Å²) < 4.78 is 0. The summed E-state index contributed by atoms with van der Waals surface area (Å²) in [6.07, 6.45) is 8.02. The van der Waals surface area contributed by atoms with E-state index in [1.165, 1.54) is 54.5 Å². The lowest BCUT2D eigenvalue weighted by molar-refractivity contribution is 0.437. The second-order valence-electron chi connectivity index (χ2n) is 7.49. The van der Waals surface area contributed by atoms with Crippen molar-refractivity contribution in [3.8, 4) is 0 Å². The molecule has 2 atom stereocenters. The third kappa shape index (κ3) is 4.14. The highest BCUT2D eigenvalue weighted by atomic mass is 15.0. The molecule has 3 N–H and O–H groups in total. The Morgan fingerprint density at radius 2 is 1.92 bits per heavy atom. The normalized spacial score (nSPS) is 21.4. The average molecular weight is 351 g/mol. The van der Waals surface area contributed by atoms with Crippen LogP contribution in [0.25, 0.3) is 0 Å². The van der Waals surface area contributed by atoms with Crippen molar-refractivity contribution in [2.75, 3.05) is 19.6 Å². The highest BCUT2D eigenvalue weighted by Gasteiger charge is 2.21. The lowest BCUT2D eigenvalue weighted by Crippen LogP contribution is -2.29. The van der Waals surface area contributed by atoms with Gasteiger partial charge in [0.05, 0.1) is 5.69 Å². The van der Waals surface area contributed by atoms with Gasteiger partial charge in [0.15, 0.2) is 0 Å². The maximum atomic E-state index is 4.61. The summed E-state index contributed by atoms with van der Waals surface area (Å²) in [7, 11) is 0. The van der Waals surface area contributed by atoms with Crippen molar-refractivity contribution in [1.82, 2.24) is 20.9 Å². The van der Waals surface area contributed by atoms with Crippen molar-refractivity contribution in [3.05, 3.63) is 65.0 Å². The maximum Gasteiger partial charge on any atom is 0.0605 e. The zero-order chi connectivity index (χ0) is 17.6. The lowest BCUT2D eigenvalue weighted by Gasteiger charge is -2.25. The molecule has 4 nitrogen and oxygen atoms in total. The Labute approximate surface area is 156 Å². The highest BCUT2D eigenvalue weighted by Crippen LogP contribution is 2.27. The van der Waals surface area contributed by atoms with Gasteiger partial charge in [0.2, 0.25) is 0 Å². The number of benzene rings is 1. The molecule has 2 heterocycles. The smallest absolute Gasteiger partial charge is 0.0605 e. The molecule has 1 aromatic carbocycles. The first-order chi connectivity index (χ1) is 12.9. The second kappa shape index (κ2) is 8.76. The van der Waals surface area contributed by atoms with Crippen LogP contribution in [0.5, 0.6) is 0 Å². The van der Waals surface area contributed by atoms with Gasteiger partial charge in [0, 0.05) is 31.4 Å². The molecule has 4 heteroatoms. The summed E-state index contributed by atoms with van der Waals surface area (Å²) in [6.45, 7) is 4.18. The zero-order valence-electron chi connectivity index (χ0n) is 15.5. The number of pyridine rings is 1. The minimum Gasteiger partial charge on any atom is -0.315 e. The second-order valence-corrected chi connectivity index (χ2v) is 7.49. The van der Waals surface area contributed by atoms with Crippen molar-refractivity contribution in [2.24, 2.45) is 0 Å². The van der Waals surface area contributed by atoms with Crippen LogP contribution in [0.15, 0.2) is 42.6 Å². The number of hydrogen-bond donors (Lipinski definition) is 3. The van der Waals surface area contributed by atoms with E-state index in [1.54, 1.807) is 0 Å². The number of rotatable bonds is 8. The molecule has 26 heavy (non-hydrogen) atoms. The van der Waals surface area contributed by atoms with Gasteiger partial charge in [-0.15, -0.1) is 0 Å². The molecule has 0 bridgehead atoms. The summed E-state index contributed by atoms with van der Waals surface area (Å²) in [5.74, 6) is 0. The van der Waals surface area contributed by atoms with Crippen molar-refractivity contribution in [2.45, 2.75) is 50.7 Å². The minimum atomic E-state index is 0.451. The fourth-order valence-corrected chi connectivity index (χ4v) is 4.27. The summed E-state index contributed by atoms with van der Waals surface area (Å²) in [5, 5.41) is 10.9. The number of hydrogen-bond acceptors (Lipinski definition) is 4. The number of aromatic nitrogens is 1. The van der Waals surface area contributed by atoms with Gasteiger partial charge in [-0.3, -0.25) is 4.98 Å². The average Bonchev–Trinajstić information content (AvgIpc) is 3.10. The summed E-state index contributed by atoms with van der Waals surface area (Å²) in [6, 6.07) is 14.0. The van der Waals surface area contributed by atoms with Gasteiger partial charge in [0.25, 0.3) is 0 Å². The molecule has 1 aliphatic carbocycles. The Kier molecular flexibility index (Phi) is 5.95. The van der Waals surface area contributed by atoms with Crippen LogP contribution in [0.2, 0.25) is 0 Å². The van der Waals surface area contributed by atoms with Gasteiger partial charge in [0.1, 0.15) is 0 Å². The summed E-state index contributed by atoms with van der Waals surface area (Å²) in [5.41, 5.74) is 5.63. The lowest BCUT2D eigenvalue weighted by atomic mass is 9.92. The summed E-state index contributed by atoms with van der Waals surface area (Å²) in [4.78, 5) is 4.61. The molecule has 0 unspecified atom stereocenters. The van der Waals surface area contributed by atoms with Crippen LogP contribution in [0.1, 0.15) is 60.2 Å². The van der Waals surface area contributed by atoms with Crippen molar-refractivity contribution in [1.29, 1.82) is 0 Å². The van der Waals surface area contributed by atoms with E-state index < -0.39 is 0 Å². The predicted molar refractivity (Wildman–Crippen MR) is 106 cm³/mol.